The predicted octanol–water partition coefficient (Wildman–Crippen LogP) is 3.47. The molecule has 3 aromatic heterocycles. The van der Waals surface area contributed by atoms with Crippen molar-refractivity contribution >= 4 is 11.8 Å². The van der Waals surface area contributed by atoms with Crippen LogP contribution in [-0.4, -0.2) is 40.0 Å². The maximum atomic E-state index is 4.46. The molecule has 3 heterocycles. The molecular formula is C20H22N8S. The summed E-state index contributed by atoms with van der Waals surface area (Å²) >= 11 is 1.60. The zero-order chi connectivity index (χ0) is 19.9. The number of thioether (sulfide) groups is 1. The van der Waals surface area contributed by atoms with Crippen molar-refractivity contribution in [3.05, 3.63) is 66.2 Å². The zero-order valence-corrected chi connectivity index (χ0v) is 17.0. The Kier molecular flexibility index (Phi) is 6.25. The van der Waals surface area contributed by atoms with Crippen molar-refractivity contribution < 1.29 is 0 Å². The molecule has 148 valence electrons. The van der Waals surface area contributed by atoms with Gasteiger partial charge < -0.3 is 0 Å². The molecule has 29 heavy (non-hydrogen) atoms. The van der Waals surface area contributed by atoms with Gasteiger partial charge in [0.1, 0.15) is 0 Å². The van der Waals surface area contributed by atoms with Gasteiger partial charge >= 0.3 is 0 Å². The Hall–Kier alpha value is -3.07. The quantitative estimate of drug-likeness (QED) is 0.393. The van der Waals surface area contributed by atoms with E-state index in [1.165, 1.54) is 5.56 Å². The standard InChI is InChI=1S/C20H22N8S/c1-2-3-13-28-18(22-25-26-28)15-29-20-24-23-19(17-9-11-21-12-10-17)27(20)14-16-7-5-4-6-8-16/h4-12H,2-3,13-15H2,1H3. The Morgan fingerprint density at radius 2 is 1.79 bits per heavy atom. The molecule has 4 aromatic rings. The SMILES string of the molecule is CCCCn1nnnc1CSc1nnc(-c2ccncc2)n1Cc1ccccc1. The summed E-state index contributed by atoms with van der Waals surface area (Å²) in [6.45, 7) is 3.68. The normalized spacial score (nSPS) is 11.1. The predicted molar refractivity (Wildman–Crippen MR) is 111 cm³/mol. The number of aromatic nitrogens is 8. The molecule has 0 fully saturated rings. The van der Waals surface area contributed by atoms with Gasteiger partial charge in [-0.2, -0.15) is 0 Å². The largest absolute Gasteiger partial charge is 0.298 e. The summed E-state index contributed by atoms with van der Waals surface area (Å²) < 4.78 is 4.01. The first-order valence-corrected chi connectivity index (χ1v) is 10.6. The smallest absolute Gasteiger partial charge is 0.192 e. The maximum Gasteiger partial charge on any atom is 0.192 e. The van der Waals surface area contributed by atoms with E-state index in [0.29, 0.717) is 12.3 Å². The highest BCUT2D eigenvalue weighted by molar-refractivity contribution is 7.98. The van der Waals surface area contributed by atoms with Crippen LogP contribution >= 0.6 is 11.8 Å². The van der Waals surface area contributed by atoms with Gasteiger partial charge in [0, 0.05) is 24.5 Å². The third kappa shape index (κ3) is 4.68. The fraction of sp³-hybridized carbons (Fsp3) is 0.300. The minimum Gasteiger partial charge on any atom is -0.298 e. The summed E-state index contributed by atoms with van der Waals surface area (Å²) in [6.07, 6.45) is 5.70. The van der Waals surface area contributed by atoms with Crippen molar-refractivity contribution in [2.45, 2.75) is 43.8 Å². The highest BCUT2D eigenvalue weighted by atomic mass is 32.2. The zero-order valence-electron chi connectivity index (χ0n) is 16.2. The van der Waals surface area contributed by atoms with Crippen LogP contribution in [0.4, 0.5) is 0 Å². The molecule has 0 aliphatic rings. The summed E-state index contributed by atoms with van der Waals surface area (Å²) in [5.74, 6) is 2.31. The lowest BCUT2D eigenvalue weighted by atomic mass is 10.2. The molecule has 0 saturated heterocycles. The number of benzene rings is 1. The van der Waals surface area contributed by atoms with Crippen molar-refractivity contribution in [2.75, 3.05) is 0 Å². The van der Waals surface area contributed by atoms with Gasteiger partial charge in [0.05, 0.1) is 12.3 Å². The van der Waals surface area contributed by atoms with E-state index in [2.05, 4.69) is 54.3 Å². The van der Waals surface area contributed by atoms with Crippen LogP contribution in [0.1, 0.15) is 31.2 Å². The van der Waals surface area contributed by atoms with Gasteiger partial charge in [0.15, 0.2) is 16.8 Å². The fourth-order valence-electron chi connectivity index (χ4n) is 2.96. The Morgan fingerprint density at radius 1 is 0.966 bits per heavy atom. The molecule has 0 bridgehead atoms. The van der Waals surface area contributed by atoms with Gasteiger partial charge in [-0.05, 0) is 34.5 Å². The van der Waals surface area contributed by atoms with Crippen LogP contribution in [0, 0.1) is 0 Å². The summed E-state index contributed by atoms with van der Waals surface area (Å²) in [5.41, 5.74) is 2.18. The first-order valence-electron chi connectivity index (χ1n) is 9.60. The van der Waals surface area contributed by atoms with Crippen molar-refractivity contribution in [1.82, 2.24) is 40.0 Å². The van der Waals surface area contributed by atoms with Crippen LogP contribution in [0.2, 0.25) is 0 Å². The van der Waals surface area contributed by atoms with Gasteiger partial charge in [0.2, 0.25) is 0 Å². The number of hydrogen-bond donors (Lipinski definition) is 0. The number of unbranched alkanes of at least 4 members (excludes halogenated alkanes) is 1. The van der Waals surface area contributed by atoms with E-state index in [0.717, 1.165) is 41.8 Å². The minimum atomic E-state index is 0.639. The summed E-state index contributed by atoms with van der Waals surface area (Å²) in [6, 6.07) is 14.2. The fourth-order valence-corrected chi connectivity index (χ4v) is 3.83. The molecule has 1 aromatic carbocycles. The van der Waals surface area contributed by atoms with Gasteiger partial charge in [-0.3, -0.25) is 9.55 Å². The van der Waals surface area contributed by atoms with Gasteiger partial charge in [-0.15, -0.1) is 15.3 Å². The molecule has 0 amide bonds. The monoisotopic (exact) mass is 406 g/mol. The molecule has 0 radical (unpaired) electrons. The lowest BCUT2D eigenvalue weighted by Gasteiger charge is -2.10. The highest BCUT2D eigenvalue weighted by Crippen LogP contribution is 2.26. The molecule has 0 aliphatic heterocycles. The molecule has 0 N–H and O–H groups in total. The van der Waals surface area contributed by atoms with Crippen molar-refractivity contribution in [2.24, 2.45) is 0 Å². The van der Waals surface area contributed by atoms with E-state index in [1.807, 2.05) is 35.0 Å². The number of hydrogen-bond acceptors (Lipinski definition) is 7. The lowest BCUT2D eigenvalue weighted by Crippen LogP contribution is -2.07. The minimum absolute atomic E-state index is 0.639. The average Bonchev–Trinajstić information content (AvgIpc) is 3.38. The topological polar surface area (TPSA) is 87.2 Å². The van der Waals surface area contributed by atoms with Crippen molar-refractivity contribution in [3.63, 3.8) is 0 Å². The molecule has 8 nitrogen and oxygen atoms in total. The lowest BCUT2D eigenvalue weighted by molar-refractivity contribution is 0.540. The summed E-state index contributed by atoms with van der Waals surface area (Å²) in [4.78, 5) is 4.11. The van der Waals surface area contributed by atoms with E-state index in [1.54, 1.807) is 24.2 Å². The van der Waals surface area contributed by atoms with E-state index in [9.17, 15) is 0 Å². The van der Waals surface area contributed by atoms with Crippen LogP contribution in [0.5, 0.6) is 0 Å². The second-order valence-corrected chi connectivity index (χ2v) is 7.52. The summed E-state index contributed by atoms with van der Waals surface area (Å²) in [5, 5.41) is 21.9. The second kappa shape index (κ2) is 9.42. The molecule has 4 rings (SSSR count). The van der Waals surface area contributed by atoms with Gasteiger partial charge in [-0.1, -0.05) is 55.4 Å². The van der Waals surface area contributed by atoms with Gasteiger partial charge in [0.25, 0.3) is 0 Å². The van der Waals surface area contributed by atoms with E-state index in [-0.39, 0.29) is 0 Å². The van der Waals surface area contributed by atoms with Crippen LogP contribution in [0.25, 0.3) is 11.4 Å². The van der Waals surface area contributed by atoms with E-state index < -0.39 is 0 Å². The van der Waals surface area contributed by atoms with Crippen LogP contribution in [0.3, 0.4) is 0 Å². The number of tetrazole rings is 1. The number of aryl methyl sites for hydroxylation is 1. The Balaban J connectivity index is 1.60. The van der Waals surface area contributed by atoms with Crippen LogP contribution in [0.15, 0.2) is 60.0 Å². The molecule has 0 aliphatic carbocycles. The number of pyridine rings is 1. The van der Waals surface area contributed by atoms with E-state index in [4.69, 9.17) is 0 Å². The van der Waals surface area contributed by atoms with Crippen LogP contribution in [-0.2, 0) is 18.8 Å². The molecule has 0 unspecified atom stereocenters. The molecule has 0 saturated carbocycles. The molecule has 0 spiro atoms. The van der Waals surface area contributed by atoms with Gasteiger partial charge in [-0.25, -0.2) is 4.68 Å². The first kappa shape index (κ1) is 19.3. The second-order valence-electron chi connectivity index (χ2n) is 6.57. The molecule has 9 heteroatoms. The molecule has 0 atom stereocenters. The van der Waals surface area contributed by atoms with Crippen molar-refractivity contribution in [3.8, 4) is 11.4 Å². The Morgan fingerprint density at radius 3 is 2.59 bits per heavy atom. The summed E-state index contributed by atoms with van der Waals surface area (Å²) in [7, 11) is 0. The van der Waals surface area contributed by atoms with Crippen LogP contribution < -0.4 is 0 Å². The Labute approximate surface area is 173 Å². The highest BCUT2D eigenvalue weighted by Gasteiger charge is 2.16. The first-order chi connectivity index (χ1) is 14.3. The maximum absolute atomic E-state index is 4.46. The Bertz CT molecular complexity index is 1030. The number of nitrogens with zero attached hydrogens (tertiary/aromatic N) is 8. The van der Waals surface area contributed by atoms with Crippen molar-refractivity contribution in [1.29, 1.82) is 0 Å². The third-order valence-corrected chi connectivity index (χ3v) is 5.46. The third-order valence-electron chi connectivity index (χ3n) is 4.50. The van der Waals surface area contributed by atoms with E-state index >= 15 is 0 Å². The average molecular weight is 407 g/mol. The molecular weight excluding hydrogens is 384 g/mol. The number of rotatable bonds is 9.